The highest BCUT2D eigenvalue weighted by Crippen LogP contribution is 2.47. The van der Waals surface area contributed by atoms with Crippen LogP contribution in [0.25, 0.3) is 10.2 Å². The van der Waals surface area contributed by atoms with E-state index in [4.69, 9.17) is 44.1 Å². The van der Waals surface area contributed by atoms with E-state index in [2.05, 4.69) is 15.1 Å². The van der Waals surface area contributed by atoms with Crippen LogP contribution in [0.5, 0.6) is 0 Å². The van der Waals surface area contributed by atoms with Gasteiger partial charge in [-0.3, -0.25) is 0 Å². The van der Waals surface area contributed by atoms with Crippen LogP contribution in [0.2, 0.25) is 13.7 Å². The average Bonchev–Trinajstić information content (AvgIpc) is 3.36. The van der Waals surface area contributed by atoms with Gasteiger partial charge in [-0.1, -0.05) is 40.0 Å². The Hall–Kier alpha value is -1.91. The zero-order chi connectivity index (χ0) is 19.8. The van der Waals surface area contributed by atoms with Gasteiger partial charge in [-0.2, -0.15) is 0 Å². The van der Waals surface area contributed by atoms with Gasteiger partial charge in [0.2, 0.25) is 11.8 Å². The average molecular weight is 476 g/mol. The third-order valence-electron chi connectivity index (χ3n) is 3.55. The highest BCUT2D eigenvalue weighted by Gasteiger charge is 2.31. The Morgan fingerprint density at radius 1 is 1.32 bits per heavy atom. The zero-order valence-corrected chi connectivity index (χ0v) is 17.9. The number of thiophene rings is 2. The van der Waals surface area contributed by atoms with Gasteiger partial charge in [-0.25, -0.2) is 19.7 Å². The topological polar surface area (TPSA) is 81.4 Å². The van der Waals surface area contributed by atoms with Gasteiger partial charge in [0.05, 0.1) is 22.2 Å². The van der Waals surface area contributed by atoms with Crippen LogP contribution in [0, 0.1) is 0 Å². The minimum Gasteiger partial charge on any atom is -0.462 e. The Bertz CT molecular complexity index is 1160. The molecule has 144 valence electrons. The molecule has 0 atom stereocenters. The lowest BCUT2D eigenvalue weighted by Crippen LogP contribution is -2.15. The molecule has 28 heavy (non-hydrogen) atoms. The highest BCUT2D eigenvalue weighted by molar-refractivity contribution is 7.22. The maximum absolute atomic E-state index is 12.5. The standard InChI is InChI=1S/C16H9Cl3N4O3S2/c1-2-25-15(24)10-11(18)12(19)28-14(10)23(9-3-4-21-26-9)16-20-6-7-5-8(17)27-13(7)22-16/h3-6H,2H2,1H3. The van der Waals surface area contributed by atoms with Crippen molar-refractivity contribution in [1.29, 1.82) is 0 Å². The molecule has 4 heterocycles. The highest BCUT2D eigenvalue weighted by atomic mass is 35.5. The predicted octanol–water partition coefficient (Wildman–Crippen LogP) is 6.35. The van der Waals surface area contributed by atoms with Gasteiger partial charge >= 0.3 is 5.97 Å². The summed E-state index contributed by atoms with van der Waals surface area (Å²) in [6, 6.07) is 3.37. The molecule has 0 aliphatic rings. The first-order chi connectivity index (χ1) is 13.5. The molecule has 4 aromatic rings. The first-order valence-corrected chi connectivity index (χ1v) is 10.5. The van der Waals surface area contributed by atoms with Crippen LogP contribution in [0.15, 0.2) is 29.0 Å². The van der Waals surface area contributed by atoms with Gasteiger partial charge in [0, 0.05) is 17.6 Å². The molecule has 0 saturated heterocycles. The molecule has 0 unspecified atom stereocenters. The van der Waals surface area contributed by atoms with E-state index in [9.17, 15) is 4.79 Å². The smallest absolute Gasteiger partial charge is 0.342 e. The summed E-state index contributed by atoms with van der Waals surface area (Å²) in [6.45, 7) is 1.88. The number of hydrogen-bond acceptors (Lipinski definition) is 9. The van der Waals surface area contributed by atoms with Crippen molar-refractivity contribution in [1.82, 2.24) is 15.1 Å². The second-order valence-electron chi connectivity index (χ2n) is 5.26. The number of hydrogen-bond donors (Lipinski definition) is 0. The number of carbonyl (C=O) groups excluding carboxylic acids is 1. The van der Waals surface area contributed by atoms with Gasteiger partial charge in [0.15, 0.2) is 0 Å². The number of esters is 1. The van der Waals surface area contributed by atoms with Gasteiger partial charge in [0.25, 0.3) is 0 Å². The molecule has 0 fully saturated rings. The van der Waals surface area contributed by atoms with Crippen molar-refractivity contribution >= 4 is 90.5 Å². The van der Waals surface area contributed by atoms with Crippen LogP contribution in [0.3, 0.4) is 0 Å². The Labute approximate surface area is 181 Å². The lowest BCUT2D eigenvalue weighted by atomic mass is 10.3. The van der Waals surface area contributed by atoms with E-state index in [1.807, 2.05) is 0 Å². The molecule has 0 aromatic carbocycles. The minimum absolute atomic E-state index is 0.0879. The Morgan fingerprint density at radius 3 is 2.86 bits per heavy atom. The summed E-state index contributed by atoms with van der Waals surface area (Å²) < 4.78 is 11.3. The fraction of sp³-hybridized carbons (Fsp3) is 0.125. The van der Waals surface area contributed by atoms with E-state index in [-0.39, 0.29) is 33.4 Å². The van der Waals surface area contributed by atoms with Gasteiger partial charge in [-0.05, 0) is 13.0 Å². The van der Waals surface area contributed by atoms with Gasteiger partial charge in [-0.15, -0.1) is 22.7 Å². The largest absolute Gasteiger partial charge is 0.462 e. The number of anilines is 3. The van der Waals surface area contributed by atoms with E-state index >= 15 is 0 Å². The molecule has 0 aliphatic heterocycles. The lowest BCUT2D eigenvalue weighted by Gasteiger charge is -2.18. The van der Waals surface area contributed by atoms with Crippen molar-refractivity contribution in [3.63, 3.8) is 0 Å². The monoisotopic (exact) mass is 474 g/mol. The Kier molecular flexibility index (Phi) is 5.44. The van der Waals surface area contributed by atoms with Crippen LogP contribution in [-0.2, 0) is 4.74 Å². The number of fused-ring (bicyclic) bond motifs is 1. The van der Waals surface area contributed by atoms with Crippen molar-refractivity contribution in [2.45, 2.75) is 6.92 Å². The van der Waals surface area contributed by atoms with Crippen molar-refractivity contribution in [3.05, 3.63) is 43.8 Å². The minimum atomic E-state index is -0.615. The fourth-order valence-corrected chi connectivity index (χ4v) is 5.05. The van der Waals surface area contributed by atoms with Crippen molar-refractivity contribution < 1.29 is 14.1 Å². The maximum atomic E-state index is 12.5. The molecule has 12 heteroatoms. The van der Waals surface area contributed by atoms with Crippen LogP contribution in [0.4, 0.5) is 16.8 Å². The summed E-state index contributed by atoms with van der Waals surface area (Å²) in [5, 5.41) is 4.97. The van der Waals surface area contributed by atoms with Gasteiger partial charge in [0.1, 0.15) is 19.7 Å². The normalized spacial score (nSPS) is 11.1. The molecule has 4 aromatic heterocycles. The second kappa shape index (κ2) is 7.84. The quantitative estimate of drug-likeness (QED) is 0.311. The van der Waals surface area contributed by atoms with Crippen molar-refractivity contribution in [2.75, 3.05) is 11.5 Å². The molecule has 0 aliphatic carbocycles. The van der Waals surface area contributed by atoms with Crippen molar-refractivity contribution in [2.24, 2.45) is 0 Å². The van der Waals surface area contributed by atoms with E-state index in [0.717, 1.165) is 16.7 Å². The Morgan fingerprint density at radius 2 is 2.14 bits per heavy atom. The number of halogens is 3. The molecule has 0 saturated carbocycles. The first kappa shape index (κ1) is 19.4. The molecular formula is C16H9Cl3N4O3S2. The molecule has 0 spiro atoms. The summed E-state index contributed by atoms with van der Waals surface area (Å²) >= 11 is 21.0. The van der Waals surface area contributed by atoms with Crippen molar-refractivity contribution in [3.8, 4) is 0 Å². The molecule has 0 radical (unpaired) electrons. The molecular weight excluding hydrogens is 467 g/mol. The van der Waals surface area contributed by atoms with E-state index in [0.29, 0.717) is 14.2 Å². The lowest BCUT2D eigenvalue weighted by molar-refractivity contribution is 0.0528. The number of aromatic nitrogens is 3. The van der Waals surface area contributed by atoms with Crippen LogP contribution in [0.1, 0.15) is 17.3 Å². The summed E-state index contributed by atoms with van der Waals surface area (Å²) in [4.78, 5) is 23.6. The van der Waals surface area contributed by atoms with E-state index in [1.165, 1.54) is 22.4 Å². The molecule has 0 amide bonds. The SMILES string of the molecule is CCOC(=O)c1c(N(c2ncc3cc(Cl)sc3n2)c2ccno2)sc(Cl)c1Cl. The van der Waals surface area contributed by atoms with Gasteiger partial charge < -0.3 is 9.26 Å². The Balaban J connectivity index is 1.93. The third kappa shape index (κ3) is 3.44. The summed E-state index contributed by atoms with van der Waals surface area (Å²) in [5.74, 6) is -0.0968. The predicted molar refractivity (Wildman–Crippen MR) is 111 cm³/mol. The maximum Gasteiger partial charge on any atom is 0.342 e. The van der Waals surface area contributed by atoms with Crippen LogP contribution < -0.4 is 4.90 Å². The number of ether oxygens (including phenoxy) is 1. The zero-order valence-electron chi connectivity index (χ0n) is 14.0. The number of carbonyl (C=O) groups is 1. The molecule has 4 rings (SSSR count). The number of nitrogens with zero attached hydrogens (tertiary/aromatic N) is 4. The molecule has 0 N–H and O–H groups in total. The van der Waals surface area contributed by atoms with E-state index in [1.54, 1.807) is 25.3 Å². The first-order valence-electron chi connectivity index (χ1n) is 7.77. The van der Waals surface area contributed by atoms with E-state index < -0.39 is 5.97 Å². The van der Waals surface area contributed by atoms with Crippen LogP contribution >= 0.6 is 57.5 Å². The third-order valence-corrected chi connectivity index (χ3v) is 6.69. The molecule has 0 bridgehead atoms. The summed E-state index contributed by atoms with van der Waals surface area (Å²) in [5.41, 5.74) is 0.0998. The number of rotatable bonds is 5. The van der Waals surface area contributed by atoms with Crippen LogP contribution in [-0.4, -0.2) is 27.7 Å². The fourth-order valence-electron chi connectivity index (χ4n) is 2.42. The second-order valence-corrected chi connectivity index (χ2v) is 8.90. The molecule has 7 nitrogen and oxygen atoms in total. The summed E-state index contributed by atoms with van der Waals surface area (Å²) in [7, 11) is 0. The summed E-state index contributed by atoms with van der Waals surface area (Å²) in [6.07, 6.45) is 3.09.